The lowest BCUT2D eigenvalue weighted by Gasteiger charge is -2.13. The van der Waals surface area contributed by atoms with Gasteiger partial charge in [0, 0.05) is 6.42 Å². The van der Waals surface area contributed by atoms with Gasteiger partial charge in [0.25, 0.3) is 0 Å². The van der Waals surface area contributed by atoms with Crippen molar-refractivity contribution < 1.29 is 4.79 Å². The highest BCUT2D eigenvalue weighted by atomic mass is 35.5. The van der Waals surface area contributed by atoms with Gasteiger partial charge in [-0.05, 0) is 49.8 Å². The lowest BCUT2D eigenvalue weighted by molar-refractivity contribution is -0.116. The summed E-state index contributed by atoms with van der Waals surface area (Å²) in [5.74, 6) is 0.426. The molecule has 0 aliphatic heterocycles. The molecular weight excluding hydrogens is 246 g/mol. The van der Waals surface area contributed by atoms with E-state index in [1.165, 1.54) is 0 Å². The van der Waals surface area contributed by atoms with Gasteiger partial charge in [0.1, 0.15) is 0 Å². The number of benzene rings is 1. The third-order valence-electron chi connectivity index (χ3n) is 3.26. The second kappa shape index (κ2) is 5.57. The minimum atomic E-state index is 0.0420. The monoisotopic (exact) mass is 263 g/mol. The zero-order valence-corrected chi connectivity index (χ0v) is 11.6. The Hall–Kier alpha value is -1.28. The quantitative estimate of drug-likeness (QED) is 0.812. The van der Waals surface area contributed by atoms with Crippen LogP contribution in [-0.4, -0.2) is 5.91 Å². The minimum Gasteiger partial charge on any atom is -0.325 e. The van der Waals surface area contributed by atoms with E-state index in [-0.39, 0.29) is 5.91 Å². The van der Waals surface area contributed by atoms with Crippen LogP contribution in [0.25, 0.3) is 0 Å². The van der Waals surface area contributed by atoms with E-state index in [9.17, 15) is 4.79 Å². The van der Waals surface area contributed by atoms with Crippen molar-refractivity contribution in [2.45, 2.75) is 33.1 Å². The molecule has 1 unspecified atom stereocenters. The average molecular weight is 264 g/mol. The van der Waals surface area contributed by atoms with Crippen LogP contribution in [0.15, 0.2) is 24.3 Å². The van der Waals surface area contributed by atoms with E-state index < -0.39 is 0 Å². The fourth-order valence-electron chi connectivity index (χ4n) is 2.37. The second-order valence-corrected chi connectivity index (χ2v) is 5.36. The van der Waals surface area contributed by atoms with Crippen molar-refractivity contribution in [1.82, 2.24) is 0 Å². The first-order valence-corrected chi connectivity index (χ1v) is 6.67. The standard InChI is InChI=1S/C15H18ClNO/c1-10-7-11(2)15(13(16)8-10)17-14(18)9-12-5-3-4-6-12/h3,5,7-8,12H,4,6,9H2,1-2H3,(H,17,18). The molecule has 0 bridgehead atoms. The smallest absolute Gasteiger partial charge is 0.225 e. The lowest BCUT2D eigenvalue weighted by Crippen LogP contribution is -2.15. The van der Waals surface area contributed by atoms with Gasteiger partial charge in [0.2, 0.25) is 5.91 Å². The van der Waals surface area contributed by atoms with Crippen LogP contribution in [-0.2, 0) is 4.79 Å². The van der Waals surface area contributed by atoms with Gasteiger partial charge in [-0.25, -0.2) is 0 Å². The molecule has 0 saturated heterocycles. The van der Waals surface area contributed by atoms with Crippen molar-refractivity contribution >= 4 is 23.2 Å². The Morgan fingerprint density at radius 3 is 2.83 bits per heavy atom. The molecule has 1 aliphatic carbocycles. The van der Waals surface area contributed by atoms with E-state index >= 15 is 0 Å². The van der Waals surface area contributed by atoms with Crippen LogP contribution in [0.1, 0.15) is 30.4 Å². The molecule has 0 radical (unpaired) electrons. The molecule has 0 heterocycles. The Labute approximate surface area is 113 Å². The Morgan fingerprint density at radius 2 is 2.22 bits per heavy atom. The first-order chi connectivity index (χ1) is 8.56. The number of hydrogen-bond acceptors (Lipinski definition) is 1. The number of hydrogen-bond donors (Lipinski definition) is 1. The first-order valence-electron chi connectivity index (χ1n) is 6.29. The molecular formula is C15H18ClNO. The third-order valence-corrected chi connectivity index (χ3v) is 3.55. The van der Waals surface area contributed by atoms with Crippen molar-refractivity contribution in [2.24, 2.45) is 5.92 Å². The van der Waals surface area contributed by atoms with Gasteiger partial charge in [0.05, 0.1) is 10.7 Å². The fraction of sp³-hybridized carbons (Fsp3) is 0.400. The maximum atomic E-state index is 12.0. The fourth-order valence-corrected chi connectivity index (χ4v) is 2.74. The molecule has 1 aromatic carbocycles. The number of allylic oxidation sites excluding steroid dienone is 2. The highest BCUT2D eigenvalue weighted by Gasteiger charge is 2.15. The van der Waals surface area contributed by atoms with Crippen LogP contribution < -0.4 is 5.32 Å². The van der Waals surface area contributed by atoms with Crippen LogP contribution in [0.5, 0.6) is 0 Å². The molecule has 0 spiro atoms. The number of nitrogens with one attached hydrogen (secondary N) is 1. The van der Waals surface area contributed by atoms with Crippen molar-refractivity contribution in [3.05, 3.63) is 40.4 Å². The molecule has 0 fully saturated rings. The normalized spacial score (nSPS) is 18.1. The number of amides is 1. The summed E-state index contributed by atoms with van der Waals surface area (Å²) in [7, 11) is 0. The molecule has 1 aliphatic rings. The Morgan fingerprint density at radius 1 is 1.44 bits per heavy atom. The zero-order valence-electron chi connectivity index (χ0n) is 10.8. The third kappa shape index (κ3) is 3.14. The van der Waals surface area contributed by atoms with E-state index in [2.05, 4.69) is 17.5 Å². The Bertz CT molecular complexity index is 470. The summed E-state index contributed by atoms with van der Waals surface area (Å²) < 4.78 is 0. The van der Waals surface area contributed by atoms with Gasteiger partial charge >= 0.3 is 0 Å². The van der Waals surface area contributed by atoms with Crippen LogP contribution >= 0.6 is 11.6 Å². The van der Waals surface area contributed by atoms with E-state index in [0.717, 1.165) is 29.7 Å². The van der Waals surface area contributed by atoms with Gasteiger partial charge in [-0.15, -0.1) is 0 Å². The topological polar surface area (TPSA) is 29.1 Å². The predicted octanol–water partition coefficient (Wildman–Crippen LogP) is 4.25. The minimum absolute atomic E-state index is 0.0420. The van der Waals surface area contributed by atoms with Crippen molar-refractivity contribution in [2.75, 3.05) is 5.32 Å². The van der Waals surface area contributed by atoms with Crippen molar-refractivity contribution in [3.8, 4) is 0 Å². The van der Waals surface area contributed by atoms with Crippen LogP contribution in [0.4, 0.5) is 5.69 Å². The van der Waals surface area contributed by atoms with Crippen molar-refractivity contribution in [3.63, 3.8) is 0 Å². The average Bonchev–Trinajstić information content (AvgIpc) is 2.76. The molecule has 3 heteroatoms. The molecule has 2 nitrogen and oxygen atoms in total. The van der Waals surface area contributed by atoms with E-state index in [0.29, 0.717) is 17.4 Å². The highest BCUT2D eigenvalue weighted by molar-refractivity contribution is 6.34. The summed E-state index contributed by atoms with van der Waals surface area (Å²) in [6.07, 6.45) is 6.97. The summed E-state index contributed by atoms with van der Waals surface area (Å²) in [4.78, 5) is 12.0. The maximum absolute atomic E-state index is 12.0. The maximum Gasteiger partial charge on any atom is 0.225 e. The molecule has 1 N–H and O–H groups in total. The molecule has 2 rings (SSSR count). The van der Waals surface area contributed by atoms with Crippen LogP contribution in [0, 0.1) is 19.8 Å². The summed E-state index contributed by atoms with van der Waals surface area (Å²) >= 11 is 6.17. The number of anilines is 1. The number of aryl methyl sites for hydroxylation is 2. The SMILES string of the molecule is Cc1cc(C)c(NC(=O)CC2C=CCC2)c(Cl)c1. The Kier molecular flexibility index (Phi) is 4.07. The summed E-state index contributed by atoms with van der Waals surface area (Å²) in [5, 5.41) is 3.54. The molecule has 0 saturated carbocycles. The van der Waals surface area contributed by atoms with Gasteiger partial charge in [-0.2, -0.15) is 0 Å². The van der Waals surface area contributed by atoms with Crippen LogP contribution in [0.2, 0.25) is 5.02 Å². The number of carbonyl (C=O) groups excluding carboxylic acids is 1. The molecule has 1 aromatic rings. The molecule has 0 aromatic heterocycles. The van der Waals surface area contributed by atoms with Gasteiger partial charge in [0.15, 0.2) is 0 Å². The van der Waals surface area contributed by atoms with Gasteiger partial charge < -0.3 is 5.32 Å². The predicted molar refractivity (Wildman–Crippen MR) is 76.0 cm³/mol. The van der Waals surface area contributed by atoms with E-state index in [1.807, 2.05) is 26.0 Å². The Balaban J connectivity index is 2.04. The number of rotatable bonds is 3. The largest absolute Gasteiger partial charge is 0.325 e. The van der Waals surface area contributed by atoms with Crippen molar-refractivity contribution in [1.29, 1.82) is 0 Å². The van der Waals surface area contributed by atoms with Crippen LogP contribution in [0.3, 0.4) is 0 Å². The summed E-state index contributed by atoms with van der Waals surface area (Å²) in [5.41, 5.74) is 2.86. The molecule has 1 atom stereocenters. The highest BCUT2D eigenvalue weighted by Crippen LogP contribution is 2.28. The molecule has 18 heavy (non-hydrogen) atoms. The zero-order chi connectivity index (χ0) is 13.1. The van der Waals surface area contributed by atoms with E-state index in [1.54, 1.807) is 0 Å². The molecule has 96 valence electrons. The first kappa shape index (κ1) is 13.2. The van der Waals surface area contributed by atoms with Gasteiger partial charge in [-0.3, -0.25) is 4.79 Å². The summed E-state index contributed by atoms with van der Waals surface area (Å²) in [6.45, 7) is 3.96. The van der Waals surface area contributed by atoms with E-state index in [4.69, 9.17) is 11.6 Å². The van der Waals surface area contributed by atoms with Gasteiger partial charge in [-0.1, -0.05) is 29.8 Å². The summed E-state index contributed by atoms with van der Waals surface area (Å²) in [6, 6.07) is 3.90. The second-order valence-electron chi connectivity index (χ2n) is 4.96. The molecule has 1 amide bonds. The lowest BCUT2D eigenvalue weighted by atomic mass is 10.0. The number of halogens is 1. The number of carbonyl (C=O) groups is 1.